The molecule has 0 aliphatic rings. The van der Waals surface area contributed by atoms with Gasteiger partial charge in [0.05, 0.1) is 22.5 Å². The van der Waals surface area contributed by atoms with E-state index in [0.717, 1.165) is 5.56 Å². The predicted molar refractivity (Wildman–Crippen MR) is 118 cm³/mol. The smallest absolute Gasteiger partial charge is 0.261 e. The minimum atomic E-state index is -3.72. The first-order valence-corrected chi connectivity index (χ1v) is 11.6. The Balaban J connectivity index is 1.51. The van der Waals surface area contributed by atoms with Crippen molar-refractivity contribution in [1.82, 2.24) is 4.98 Å². The maximum Gasteiger partial charge on any atom is 0.261 e. The number of pyridine rings is 1. The van der Waals surface area contributed by atoms with Crippen molar-refractivity contribution in [3.63, 3.8) is 0 Å². The van der Waals surface area contributed by atoms with Crippen molar-refractivity contribution in [3.8, 4) is 0 Å². The van der Waals surface area contributed by atoms with E-state index in [1.54, 1.807) is 30.5 Å². The summed E-state index contributed by atoms with van der Waals surface area (Å²) in [5.41, 5.74) is 1.99. The lowest BCUT2D eigenvalue weighted by Gasteiger charge is -2.09. The van der Waals surface area contributed by atoms with Crippen LogP contribution in [0.1, 0.15) is 5.56 Å². The fraction of sp³-hybridized carbons (Fsp3) is 0.100. The highest BCUT2D eigenvalue weighted by molar-refractivity contribution is 7.99. The number of thioether (sulfide) groups is 1. The van der Waals surface area contributed by atoms with E-state index in [9.17, 15) is 13.2 Å². The first kappa shape index (κ1) is 21.2. The molecule has 0 spiro atoms. The van der Waals surface area contributed by atoms with Crippen LogP contribution in [0, 0.1) is 0 Å². The molecule has 1 amide bonds. The van der Waals surface area contributed by atoms with E-state index in [0.29, 0.717) is 22.2 Å². The quantitative estimate of drug-likeness (QED) is 0.534. The molecule has 0 radical (unpaired) electrons. The van der Waals surface area contributed by atoms with Gasteiger partial charge in [0.1, 0.15) is 0 Å². The lowest BCUT2D eigenvalue weighted by atomic mass is 10.2. The Hall–Kier alpha value is -2.55. The molecule has 2 N–H and O–H groups in total. The largest absolute Gasteiger partial charge is 0.325 e. The number of carbonyl (C=O) groups excluding carboxylic acids is 1. The topological polar surface area (TPSA) is 88.2 Å². The Bertz CT molecular complexity index is 1060. The van der Waals surface area contributed by atoms with Crippen molar-refractivity contribution in [2.75, 3.05) is 15.8 Å². The Morgan fingerprint density at radius 2 is 1.72 bits per heavy atom. The summed E-state index contributed by atoms with van der Waals surface area (Å²) in [5.74, 6) is 0.820. The van der Waals surface area contributed by atoms with Crippen LogP contribution < -0.4 is 10.0 Å². The number of hydrogen-bond acceptors (Lipinski definition) is 5. The highest BCUT2D eigenvalue weighted by Gasteiger charge is 2.14. The van der Waals surface area contributed by atoms with E-state index in [-0.39, 0.29) is 16.6 Å². The number of carbonyl (C=O) groups is 1. The van der Waals surface area contributed by atoms with Crippen molar-refractivity contribution in [3.05, 3.63) is 83.6 Å². The Morgan fingerprint density at radius 3 is 2.38 bits per heavy atom. The third kappa shape index (κ3) is 6.49. The van der Waals surface area contributed by atoms with Gasteiger partial charge in [-0.2, -0.15) is 0 Å². The molecule has 0 unspecified atom stereocenters. The normalized spacial score (nSPS) is 11.1. The van der Waals surface area contributed by atoms with Gasteiger partial charge in [0.25, 0.3) is 10.0 Å². The first-order chi connectivity index (χ1) is 13.9. The summed E-state index contributed by atoms with van der Waals surface area (Å²) in [6, 6.07) is 16.7. The molecule has 0 fully saturated rings. The average Bonchev–Trinajstić information content (AvgIpc) is 2.70. The fourth-order valence-corrected chi connectivity index (χ4v) is 4.35. The van der Waals surface area contributed by atoms with Gasteiger partial charge in [-0.25, -0.2) is 8.42 Å². The average molecular weight is 448 g/mol. The lowest BCUT2D eigenvalue weighted by molar-refractivity contribution is -0.113. The summed E-state index contributed by atoms with van der Waals surface area (Å²) in [6.45, 7) is 0. The Kier molecular flexibility index (Phi) is 7.13. The number of anilines is 2. The van der Waals surface area contributed by atoms with Crippen molar-refractivity contribution < 1.29 is 13.2 Å². The van der Waals surface area contributed by atoms with Crippen LogP contribution in [0.15, 0.2) is 78.0 Å². The lowest BCUT2D eigenvalue weighted by Crippen LogP contribution is -2.15. The Labute approximate surface area is 178 Å². The molecular formula is C20H18ClN3O3S2. The summed E-state index contributed by atoms with van der Waals surface area (Å²) >= 11 is 7.33. The zero-order valence-corrected chi connectivity index (χ0v) is 17.6. The summed E-state index contributed by atoms with van der Waals surface area (Å²) in [4.78, 5) is 16.1. The minimum absolute atomic E-state index is 0.0939. The predicted octanol–water partition coefficient (Wildman–Crippen LogP) is 4.41. The van der Waals surface area contributed by atoms with Crippen LogP contribution in [0.25, 0.3) is 0 Å². The van der Waals surface area contributed by atoms with Crippen LogP contribution in [-0.2, 0) is 20.6 Å². The fourth-order valence-electron chi connectivity index (χ4n) is 2.39. The molecule has 0 saturated heterocycles. The van der Waals surface area contributed by atoms with Gasteiger partial charge in [-0.15, -0.1) is 11.8 Å². The molecule has 0 atom stereocenters. The number of amides is 1. The van der Waals surface area contributed by atoms with Gasteiger partial charge < -0.3 is 5.32 Å². The minimum Gasteiger partial charge on any atom is -0.325 e. The van der Waals surface area contributed by atoms with E-state index >= 15 is 0 Å². The third-order valence-corrected chi connectivity index (χ3v) is 6.43. The SMILES string of the molecule is O=C(CSCc1ccc(Cl)cc1)Nc1ccc(S(=O)(=O)Nc2cccnc2)cc1. The van der Waals surface area contributed by atoms with Gasteiger partial charge >= 0.3 is 0 Å². The first-order valence-electron chi connectivity index (χ1n) is 8.57. The van der Waals surface area contributed by atoms with Crippen molar-refractivity contribution in [2.45, 2.75) is 10.6 Å². The zero-order valence-electron chi connectivity index (χ0n) is 15.2. The summed E-state index contributed by atoms with van der Waals surface area (Å²) in [5, 5.41) is 3.44. The van der Waals surface area contributed by atoms with E-state index in [1.165, 1.54) is 30.1 Å². The second kappa shape index (κ2) is 9.78. The second-order valence-corrected chi connectivity index (χ2v) is 9.14. The van der Waals surface area contributed by atoms with E-state index < -0.39 is 10.0 Å². The molecule has 3 rings (SSSR count). The van der Waals surface area contributed by atoms with Crippen LogP contribution in [0.2, 0.25) is 5.02 Å². The Morgan fingerprint density at radius 1 is 1.00 bits per heavy atom. The van der Waals surface area contributed by atoms with Crippen LogP contribution in [-0.4, -0.2) is 25.1 Å². The highest BCUT2D eigenvalue weighted by atomic mass is 35.5. The third-order valence-electron chi connectivity index (χ3n) is 3.78. The zero-order chi connectivity index (χ0) is 20.7. The number of halogens is 1. The van der Waals surface area contributed by atoms with E-state index in [1.807, 2.05) is 24.3 Å². The van der Waals surface area contributed by atoms with Crippen LogP contribution >= 0.6 is 23.4 Å². The molecule has 3 aromatic rings. The summed E-state index contributed by atoms with van der Waals surface area (Å²) in [7, 11) is -3.72. The van der Waals surface area contributed by atoms with Crippen LogP contribution in [0.4, 0.5) is 11.4 Å². The number of nitrogens with zero attached hydrogens (tertiary/aromatic N) is 1. The molecular weight excluding hydrogens is 430 g/mol. The van der Waals surface area contributed by atoms with Gasteiger partial charge in [0, 0.05) is 22.7 Å². The van der Waals surface area contributed by atoms with Gasteiger partial charge in [0.2, 0.25) is 5.91 Å². The molecule has 1 heterocycles. The summed E-state index contributed by atoms with van der Waals surface area (Å²) < 4.78 is 27.2. The number of rotatable bonds is 8. The maximum atomic E-state index is 12.4. The number of sulfonamides is 1. The molecule has 0 aliphatic heterocycles. The van der Waals surface area contributed by atoms with Gasteiger partial charge in [-0.1, -0.05) is 23.7 Å². The number of nitrogens with one attached hydrogen (secondary N) is 2. The maximum absolute atomic E-state index is 12.4. The van der Waals surface area contributed by atoms with Gasteiger partial charge in [-0.05, 0) is 54.1 Å². The van der Waals surface area contributed by atoms with Crippen molar-refractivity contribution >= 4 is 50.7 Å². The molecule has 9 heteroatoms. The van der Waals surface area contributed by atoms with E-state index in [4.69, 9.17) is 11.6 Å². The molecule has 2 aromatic carbocycles. The highest BCUT2D eigenvalue weighted by Crippen LogP contribution is 2.19. The van der Waals surface area contributed by atoms with Crippen LogP contribution in [0.5, 0.6) is 0 Å². The van der Waals surface area contributed by atoms with Gasteiger partial charge in [0.15, 0.2) is 0 Å². The molecule has 0 saturated carbocycles. The molecule has 6 nitrogen and oxygen atoms in total. The molecule has 29 heavy (non-hydrogen) atoms. The van der Waals surface area contributed by atoms with E-state index in [2.05, 4.69) is 15.0 Å². The molecule has 150 valence electrons. The number of hydrogen-bond donors (Lipinski definition) is 2. The van der Waals surface area contributed by atoms with Crippen molar-refractivity contribution in [1.29, 1.82) is 0 Å². The summed E-state index contributed by atoms with van der Waals surface area (Å²) in [6.07, 6.45) is 2.98. The number of aromatic nitrogens is 1. The molecule has 1 aromatic heterocycles. The molecule has 0 bridgehead atoms. The molecule has 0 aliphatic carbocycles. The van der Waals surface area contributed by atoms with Crippen LogP contribution in [0.3, 0.4) is 0 Å². The monoisotopic (exact) mass is 447 g/mol. The standard InChI is InChI=1S/C20H18ClN3O3S2/c21-16-5-3-15(4-6-16)13-28-14-20(25)23-17-7-9-19(10-8-17)29(26,27)24-18-2-1-11-22-12-18/h1-12,24H,13-14H2,(H,23,25). The number of benzene rings is 2. The van der Waals surface area contributed by atoms with Gasteiger partial charge in [-0.3, -0.25) is 14.5 Å². The second-order valence-electron chi connectivity index (χ2n) is 6.04. The van der Waals surface area contributed by atoms with Crippen molar-refractivity contribution in [2.24, 2.45) is 0 Å².